The molecule has 2 atom stereocenters. The molecule has 0 aliphatic carbocycles. The van der Waals surface area contributed by atoms with Crippen molar-refractivity contribution in [1.29, 1.82) is 0 Å². The molecule has 0 aromatic heterocycles. The van der Waals surface area contributed by atoms with E-state index in [9.17, 15) is 9.50 Å². The Hall–Kier alpha value is -1.87. The minimum absolute atomic E-state index is 0. The van der Waals surface area contributed by atoms with E-state index >= 15 is 0 Å². The highest BCUT2D eigenvalue weighted by atomic mass is 127. The second-order valence-corrected chi connectivity index (χ2v) is 7.32. The lowest BCUT2D eigenvalue weighted by Crippen LogP contribution is -2.44. The molecule has 1 aliphatic heterocycles. The van der Waals surface area contributed by atoms with Crippen molar-refractivity contribution in [1.82, 2.24) is 15.5 Å². The molecule has 0 radical (unpaired) electrons. The molecule has 7 heteroatoms. The topological polar surface area (TPSA) is 59.9 Å². The molecular formula is C22H30FIN4O. The molecule has 1 heterocycles. The number of rotatable bonds is 6. The van der Waals surface area contributed by atoms with Gasteiger partial charge in [-0.05, 0) is 43.5 Å². The molecule has 2 unspecified atom stereocenters. The highest BCUT2D eigenvalue weighted by Crippen LogP contribution is 2.20. The molecule has 3 rings (SSSR count). The summed E-state index contributed by atoms with van der Waals surface area (Å²) in [6, 6.07) is 15.7. The maximum absolute atomic E-state index is 13.5. The maximum atomic E-state index is 13.5. The molecule has 2 aromatic carbocycles. The van der Waals surface area contributed by atoms with Crippen molar-refractivity contribution in [3.8, 4) is 5.75 Å². The predicted molar refractivity (Wildman–Crippen MR) is 126 cm³/mol. The number of phenolic OH excluding ortho intramolecular Hbond substituents is 1. The summed E-state index contributed by atoms with van der Waals surface area (Å²) in [5.74, 6) is -0.224. The number of phenols is 1. The summed E-state index contributed by atoms with van der Waals surface area (Å²) in [4.78, 5) is 7.06. The summed E-state index contributed by atoms with van der Waals surface area (Å²) in [5.41, 5.74) is 2.04. The molecule has 5 nitrogen and oxygen atoms in total. The molecule has 0 bridgehead atoms. The predicted octanol–water partition coefficient (Wildman–Crippen LogP) is 3.87. The van der Waals surface area contributed by atoms with Gasteiger partial charge in [-0.1, -0.05) is 36.4 Å². The zero-order chi connectivity index (χ0) is 19.9. The second-order valence-electron chi connectivity index (χ2n) is 7.32. The number of benzene rings is 2. The summed E-state index contributed by atoms with van der Waals surface area (Å²) in [6.45, 7) is 7.29. The maximum Gasteiger partial charge on any atom is 0.191 e. The van der Waals surface area contributed by atoms with Gasteiger partial charge in [0.2, 0.25) is 0 Å². The molecule has 158 valence electrons. The Balaban J connectivity index is 0.00000300. The van der Waals surface area contributed by atoms with Crippen molar-refractivity contribution in [2.45, 2.75) is 45.4 Å². The molecule has 1 fully saturated rings. The van der Waals surface area contributed by atoms with E-state index in [1.165, 1.54) is 17.7 Å². The Labute approximate surface area is 189 Å². The third-order valence-electron chi connectivity index (χ3n) is 5.05. The molecular weight excluding hydrogens is 482 g/mol. The van der Waals surface area contributed by atoms with Gasteiger partial charge in [0.05, 0.1) is 6.54 Å². The number of hydrogen-bond acceptors (Lipinski definition) is 3. The van der Waals surface area contributed by atoms with Crippen molar-refractivity contribution in [2.24, 2.45) is 4.99 Å². The van der Waals surface area contributed by atoms with Gasteiger partial charge in [-0.25, -0.2) is 9.38 Å². The van der Waals surface area contributed by atoms with Crippen LogP contribution in [0, 0.1) is 5.82 Å². The van der Waals surface area contributed by atoms with Crippen LogP contribution in [0.1, 0.15) is 31.4 Å². The lowest BCUT2D eigenvalue weighted by Gasteiger charge is -2.21. The lowest BCUT2D eigenvalue weighted by molar-refractivity contribution is 0.258. The van der Waals surface area contributed by atoms with Crippen molar-refractivity contribution in [2.75, 3.05) is 13.1 Å². The Kier molecular flexibility index (Phi) is 9.16. The monoisotopic (exact) mass is 512 g/mol. The molecule has 0 amide bonds. The highest BCUT2D eigenvalue weighted by Gasteiger charge is 2.29. The fraction of sp³-hybridized carbons (Fsp3) is 0.409. The zero-order valence-corrected chi connectivity index (χ0v) is 19.3. The minimum Gasteiger partial charge on any atom is -0.505 e. The van der Waals surface area contributed by atoms with Crippen LogP contribution in [0.15, 0.2) is 53.5 Å². The number of hydrogen-bond donors (Lipinski definition) is 3. The second kappa shape index (κ2) is 11.3. The largest absolute Gasteiger partial charge is 0.505 e. The average molecular weight is 512 g/mol. The van der Waals surface area contributed by atoms with E-state index < -0.39 is 5.82 Å². The zero-order valence-electron chi connectivity index (χ0n) is 16.9. The van der Waals surface area contributed by atoms with Crippen molar-refractivity contribution in [3.05, 3.63) is 65.5 Å². The quantitative estimate of drug-likeness (QED) is 0.313. The Morgan fingerprint density at radius 1 is 1.21 bits per heavy atom. The number of nitrogens with one attached hydrogen (secondary N) is 2. The van der Waals surface area contributed by atoms with Gasteiger partial charge in [0.1, 0.15) is 0 Å². The molecule has 3 N–H and O–H groups in total. The van der Waals surface area contributed by atoms with Gasteiger partial charge in [0.15, 0.2) is 17.5 Å². The van der Waals surface area contributed by atoms with Crippen molar-refractivity contribution >= 4 is 29.9 Å². The molecule has 1 saturated heterocycles. The van der Waals surface area contributed by atoms with E-state index in [2.05, 4.69) is 51.7 Å². The Morgan fingerprint density at radius 2 is 1.97 bits per heavy atom. The number of nitrogens with zero attached hydrogens (tertiary/aromatic N) is 2. The molecule has 29 heavy (non-hydrogen) atoms. The van der Waals surface area contributed by atoms with Crippen LogP contribution in [-0.2, 0) is 13.1 Å². The third kappa shape index (κ3) is 6.85. The summed E-state index contributed by atoms with van der Waals surface area (Å²) >= 11 is 0. The smallest absolute Gasteiger partial charge is 0.191 e. The van der Waals surface area contributed by atoms with Crippen LogP contribution in [0.5, 0.6) is 5.75 Å². The lowest BCUT2D eigenvalue weighted by atomic mass is 10.2. The fourth-order valence-corrected chi connectivity index (χ4v) is 3.57. The number of aromatic hydroxyl groups is 1. The summed E-state index contributed by atoms with van der Waals surface area (Å²) in [6.07, 6.45) is 1.05. The average Bonchev–Trinajstić information content (AvgIpc) is 3.02. The van der Waals surface area contributed by atoms with Crippen LogP contribution >= 0.6 is 24.0 Å². The molecule has 1 aliphatic rings. The number of aliphatic imine (C=N–C) groups is 1. The van der Waals surface area contributed by atoms with E-state index in [4.69, 9.17) is 0 Å². The molecule has 0 saturated carbocycles. The normalized spacial score (nSPS) is 19.6. The van der Waals surface area contributed by atoms with E-state index in [0.717, 1.165) is 37.6 Å². The first-order valence-corrected chi connectivity index (χ1v) is 9.85. The van der Waals surface area contributed by atoms with Gasteiger partial charge in [0.25, 0.3) is 0 Å². The van der Waals surface area contributed by atoms with E-state index in [1.54, 1.807) is 6.07 Å². The molecule has 2 aromatic rings. The summed E-state index contributed by atoms with van der Waals surface area (Å²) in [5, 5.41) is 16.1. The Bertz CT molecular complexity index is 803. The van der Waals surface area contributed by atoms with Gasteiger partial charge in [-0.15, -0.1) is 24.0 Å². The van der Waals surface area contributed by atoms with Gasteiger partial charge in [-0.3, -0.25) is 4.90 Å². The summed E-state index contributed by atoms with van der Waals surface area (Å²) in [7, 11) is 0. The number of likely N-dealkylation sites (tertiary alicyclic amines) is 1. The SMILES string of the molecule is CCNC(=NCc1ccc(O)c(F)c1)NC1CC(C)N(Cc2ccccc2)C1.I. The van der Waals surface area contributed by atoms with Crippen molar-refractivity contribution < 1.29 is 9.50 Å². The molecule has 0 spiro atoms. The van der Waals surface area contributed by atoms with Gasteiger partial charge < -0.3 is 15.7 Å². The first-order valence-electron chi connectivity index (χ1n) is 9.85. The van der Waals surface area contributed by atoms with Crippen LogP contribution in [0.4, 0.5) is 4.39 Å². The van der Waals surface area contributed by atoms with Crippen molar-refractivity contribution in [3.63, 3.8) is 0 Å². The number of guanidine groups is 1. The standard InChI is InChI=1S/C22H29FN4O.HI/c1-3-24-22(25-13-18-9-10-21(28)20(23)12-18)26-19-11-16(2)27(15-19)14-17-7-5-4-6-8-17;/h4-10,12,16,19,28H,3,11,13-15H2,1-2H3,(H2,24,25,26);1H. The Morgan fingerprint density at radius 3 is 2.66 bits per heavy atom. The van der Waals surface area contributed by atoms with Crippen LogP contribution in [0.25, 0.3) is 0 Å². The third-order valence-corrected chi connectivity index (χ3v) is 5.05. The van der Waals surface area contributed by atoms with Gasteiger partial charge in [-0.2, -0.15) is 0 Å². The number of halogens is 2. The fourth-order valence-electron chi connectivity index (χ4n) is 3.57. The van der Waals surface area contributed by atoms with Crippen LogP contribution in [-0.4, -0.2) is 41.1 Å². The van der Waals surface area contributed by atoms with Crippen LogP contribution in [0.3, 0.4) is 0 Å². The van der Waals surface area contributed by atoms with Crippen LogP contribution in [0.2, 0.25) is 0 Å². The first-order chi connectivity index (χ1) is 13.5. The van der Waals surface area contributed by atoms with Gasteiger partial charge >= 0.3 is 0 Å². The highest BCUT2D eigenvalue weighted by molar-refractivity contribution is 14.0. The summed E-state index contributed by atoms with van der Waals surface area (Å²) < 4.78 is 13.5. The van der Waals surface area contributed by atoms with Gasteiger partial charge in [0, 0.05) is 31.7 Å². The van der Waals surface area contributed by atoms with E-state index in [1.807, 2.05) is 13.0 Å². The minimum atomic E-state index is -0.619. The van der Waals surface area contributed by atoms with E-state index in [0.29, 0.717) is 18.6 Å². The van der Waals surface area contributed by atoms with Crippen LogP contribution < -0.4 is 10.6 Å². The van der Waals surface area contributed by atoms with E-state index in [-0.39, 0.29) is 29.7 Å². The first kappa shape index (κ1) is 23.4.